The van der Waals surface area contributed by atoms with Crippen molar-refractivity contribution in [2.75, 3.05) is 0 Å². The molecular formula is C9H10O2. The Morgan fingerprint density at radius 2 is 2.45 bits per heavy atom. The van der Waals surface area contributed by atoms with Crippen molar-refractivity contribution in [1.29, 1.82) is 0 Å². The van der Waals surface area contributed by atoms with E-state index < -0.39 is 0 Å². The van der Waals surface area contributed by atoms with Gasteiger partial charge in [0, 0.05) is 12.0 Å². The number of esters is 1. The Bertz CT molecular complexity index is 234. The van der Waals surface area contributed by atoms with E-state index in [-0.39, 0.29) is 11.6 Å². The predicted molar refractivity (Wildman–Crippen MR) is 41.0 cm³/mol. The average molecular weight is 150 g/mol. The van der Waals surface area contributed by atoms with Crippen LogP contribution in [0.25, 0.3) is 0 Å². The van der Waals surface area contributed by atoms with E-state index in [0.717, 1.165) is 12.8 Å². The zero-order valence-electron chi connectivity index (χ0n) is 6.30. The van der Waals surface area contributed by atoms with Crippen LogP contribution in [0, 0.1) is 0 Å². The van der Waals surface area contributed by atoms with Crippen LogP contribution in [-0.4, -0.2) is 11.6 Å². The SMILES string of the molecule is C=C1CC2(C=CCC2)OC1=O. The molecule has 0 saturated carbocycles. The molecule has 0 bridgehead atoms. The number of allylic oxidation sites excluding steroid dienone is 1. The molecule has 2 aliphatic rings. The quantitative estimate of drug-likeness (QED) is 0.297. The fourth-order valence-electron chi connectivity index (χ4n) is 1.67. The Balaban J connectivity index is 2.25. The van der Waals surface area contributed by atoms with Gasteiger partial charge in [-0.15, -0.1) is 0 Å². The minimum atomic E-state index is -0.297. The van der Waals surface area contributed by atoms with Crippen LogP contribution in [0.1, 0.15) is 19.3 Å². The van der Waals surface area contributed by atoms with Crippen molar-refractivity contribution >= 4 is 5.97 Å². The van der Waals surface area contributed by atoms with E-state index in [1.807, 2.05) is 6.08 Å². The van der Waals surface area contributed by atoms with Gasteiger partial charge in [0.25, 0.3) is 0 Å². The Morgan fingerprint density at radius 3 is 2.91 bits per heavy atom. The Morgan fingerprint density at radius 1 is 1.64 bits per heavy atom. The molecule has 11 heavy (non-hydrogen) atoms. The van der Waals surface area contributed by atoms with Crippen molar-refractivity contribution in [3.63, 3.8) is 0 Å². The Labute approximate surface area is 65.5 Å². The lowest BCUT2D eigenvalue weighted by Crippen LogP contribution is -2.21. The highest BCUT2D eigenvalue weighted by atomic mass is 16.6. The third-order valence-corrected chi connectivity index (χ3v) is 2.25. The number of hydrogen-bond acceptors (Lipinski definition) is 2. The molecular weight excluding hydrogens is 140 g/mol. The fourth-order valence-corrected chi connectivity index (χ4v) is 1.67. The predicted octanol–water partition coefficient (Wildman–Crippen LogP) is 1.58. The molecule has 0 aromatic rings. The molecule has 0 aromatic heterocycles. The summed E-state index contributed by atoms with van der Waals surface area (Å²) in [5.74, 6) is -0.225. The van der Waals surface area contributed by atoms with Crippen molar-refractivity contribution in [2.45, 2.75) is 24.9 Å². The lowest BCUT2D eigenvalue weighted by molar-refractivity contribution is -0.142. The maximum atomic E-state index is 11.0. The van der Waals surface area contributed by atoms with Gasteiger partial charge in [0.05, 0.1) is 0 Å². The highest BCUT2D eigenvalue weighted by molar-refractivity contribution is 5.91. The topological polar surface area (TPSA) is 26.3 Å². The summed E-state index contributed by atoms with van der Waals surface area (Å²) in [7, 11) is 0. The summed E-state index contributed by atoms with van der Waals surface area (Å²) in [6.07, 6.45) is 6.68. The normalized spacial score (nSPS) is 35.3. The van der Waals surface area contributed by atoms with Crippen molar-refractivity contribution < 1.29 is 9.53 Å². The first kappa shape index (κ1) is 6.65. The van der Waals surface area contributed by atoms with Crippen LogP contribution < -0.4 is 0 Å². The van der Waals surface area contributed by atoms with Gasteiger partial charge in [-0.05, 0) is 18.9 Å². The monoisotopic (exact) mass is 150 g/mol. The van der Waals surface area contributed by atoms with Crippen LogP contribution in [0.15, 0.2) is 24.3 Å². The lowest BCUT2D eigenvalue weighted by Gasteiger charge is -2.17. The van der Waals surface area contributed by atoms with Gasteiger partial charge in [0.1, 0.15) is 5.60 Å². The zero-order valence-corrected chi connectivity index (χ0v) is 6.30. The molecule has 2 heteroatoms. The van der Waals surface area contributed by atoms with Crippen LogP contribution in [0.4, 0.5) is 0 Å². The number of rotatable bonds is 0. The van der Waals surface area contributed by atoms with Crippen LogP contribution in [0.2, 0.25) is 0 Å². The van der Waals surface area contributed by atoms with E-state index in [9.17, 15) is 4.79 Å². The summed E-state index contributed by atoms with van der Waals surface area (Å²) in [5, 5.41) is 0. The second-order valence-corrected chi connectivity index (χ2v) is 3.18. The summed E-state index contributed by atoms with van der Waals surface area (Å²) < 4.78 is 5.20. The first-order valence-corrected chi connectivity index (χ1v) is 3.81. The molecule has 1 fully saturated rings. The van der Waals surface area contributed by atoms with E-state index in [2.05, 4.69) is 12.7 Å². The number of hydrogen-bond donors (Lipinski definition) is 0. The summed E-state index contributed by atoms with van der Waals surface area (Å²) in [6.45, 7) is 3.65. The molecule has 2 nitrogen and oxygen atoms in total. The molecule has 1 aliphatic carbocycles. The molecule has 1 spiro atoms. The van der Waals surface area contributed by atoms with Crippen LogP contribution >= 0.6 is 0 Å². The summed E-state index contributed by atoms with van der Waals surface area (Å²) in [4.78, 5) is 11.0. The fraction of sp³-hybridized carbons (Fsp3) is 0.444. The molecule has 0 aromatic carbocycles. The molecule has 2 rings (SSSR count). The van der Waals surface area contributed by atoms with Crippen molar-refractivity contribution in [3.05, 3.63) is 24.3 Å². The van der Waals surface area contributed by atoms with Gasteiger partial charge in [-0.25, -0.2) is 4.79 Å². The molecule has 1 heterocycles. The first-order valence-electron chi connectivity index (χ1n) is 3.81. The van der Waals surface area contributed by atoms with E-state index >= 15 is 0 Å². The van der Waals surface area contributed by atoms with Gasteiger partial charge in [-0.2, -0.15) is 0 Å². The second-order valence-electron chi connectivity index (χ2n) is 3.18. The maximum Gasteiger partial charge on any atom is 0.334 e. The van der Waals surface area contributed by atoms with Gasteiger partial charge in [-0.3, -0.25) is 0 Å². The Hall–Kier alpha value is -1.05. The van der Waals surface area contributed by atoms with Gasteiger partial charge in [-0.1, -0.05) is 12.7 Å². The molecule has 1 aliphatic heterocycles. The summed E-state index contributed by atoms with van der Waals surface area (Å²) in [5.41, 5.74) is 0.310. The maximum absolute atomic E-state index is 11.0. The van der Waals surface area contributed by atoms with E-state index in [1.54, 1.807) is 0 Å². The van der Waals surface area contributed by atoms with E-state index in [0.29, 0.717) is 12.0 Å². The van der Waals surface area contributed by atoms with Crippen molar-refractivity contribution in [1.82, 2.24) is 0 Å². The molecule has 58 valence electrons. The molecule has 0 radical (unpaired) electrons. The average Bonchev–Trinajstić information content (AvgIpc) is 2.46. The van der Waals surface area contributed by atoms with Crippen molar-refractivity contribution in [3.8, 4) is 0 Å². The number of carbonyl (C=O) groups excluding carboxylic acids is 1. The third kappa shape index (κ3) is 0.897. The highest BCUT2D eigenvalue weighted by Gasteiger charge is 2.41. The van der Waals surface area contributed by atoms with Gasteiger partial charge in [0.2, 0.25) is 0 Å². The van der Waals surface area contributed by atoms with Crippen molar-refractivity contribution in [2.24, 2.45) is 0 Å². The smallest absolute Gasteiger partial charge is 0.334 e. The molecule has 0 N–H and O–H groups in total. The molecule has 1 saturated heterocycles. The third-order valence-electron chi connectivity index (χ3n) is 2.25. The largest absolute Gasteiger partial charge is 0.451 e. The number of carbonyl (C=O) groups is 1. The van der Waals surface area contributed by atoms with Gasteiger partial charge in [0.15, 0.2) is 0 Å². The standard InChI is InChI=1S/C9H10O2/c1-7-6-9(11-8(7)10)4-2-3-5-9/h2,4H,1,3,5-6H2. The van der Waals surface area contributed by atoms with Gasteiger partial charge >= 0.3 is 5.97 Å². The van der Waals surface area contributed by atoms with E-state index in [4.69, 9.17) is 4.74 Å². The van der Waals surface area contributed by atoms with Crippen LogP contribution in [0.3, 0.4) is 0 Å². The molecule has 1 unspecified atom stereocenters. The first-order chi connectivity index (χ1) is 5.22. The summed E-state index contributed by atoms with van der Waals surface area (Å²) >= 11 is 0. The Kier molecular flexibility index (Phi) is 1.19. The number of ether oxygens (including phenoxy) is 1. The molecule has 1 atom stereocenters. The van der Waals surface area contributed by atoms with Gasteiger partial charge < -0.3 is 4.74 Å². The second kappa shape index (κ2) is 1.97. The molecule has 0 amide bonds. The van der Waals surface area contributed by atoms with Crippen LogP contribution in [0.5, 0.6) is 0 Å². The zero-order chi connectivity index (χ0) is 7.90. The summed E-state index contributed by atoms with van der Waals surface area (Å²) in [6, 6.07) is 0. The minimum Gasteiger partial charge on any atom is -0.451 e. The lowest BCUT2D eigenvalue weighted by atomic mass is 9.98. The van der Waals surface area contributed by atoms with Crippen LogP contribution in [-0.2, 0) is 9.53 Å². The minimum absolute atomic E-state index is 0.225. The highest BCUT2D eigenvalue weighted by Crippen LogP contribution is 2.38. The van der Waals surface area contributed by atoms with E-state index in [1.165, 1.54) is 0 Å².